The first-order valence-electron chi connectivity index (χ1n) is 5.85. The summed E-state index contributed by atoms with van der Waals surface area (Å²) in [5.74, 6) is 0.721. The Bertz CT molecular complexity index is 325. The Morgan fingerprint density at radius 1 is 1.47 bits per heavy atom. The summed E-state index contributed by atoms with van der Waals surface area (Å²) in [5.41, 5.74) is 7.94. The molecule has 0 radical (unpaired) electrons. The topological polar surface area (TPSA) is 56.7 Å². The van der Waals surface area contributed by atoms with E-state index in [4.69, 9.17) is 5.73 Å². The van der Waals surface area contributed by atoms with Crippen LogP contribution in [0.2, 0.25) is 0 Å². The number of hydrogen-bond donors (Lipinski definition) is 1. The van der Waals surface area contributed by atoms with E-state index in [9.17, 15) is 0 Å². The fourth-order valence-corrected chi connectivity index (χ4v) is 1.80. The van der Waals surface area contributed by atoms with Crippen molar-refractivity contribution in [2.75, 3.05) is 0 Å². The van der Waals surface area contributed by atoms with Gasteiger partial charge in [0.15, 0.2) is 0 Å². The van der Waals surface area contributed by atoms with Gasteiger partial charge in [0.25, 0.3) is 0 Å². The molecular formula is C11H20N4. The molecule has 0 aromatic carbocycles. The average molecular weight is 208 g/mol. The van der Waals surface area contributed by atoms with Crippen LogP contribution < -0.4 is 5.73 Å². The number of rotatable bonds is 5. The van der Waals surface area contributed by atoms with Crippen molar-refractivity contribution in [1.29, 1.82) is 0 Å². The maximum Gasteiger partial charge on any atom is 0.0994 e. The molecule has 1 aromatic heterocycles. The Kier molecular flexibility index (Phi) is 3.05. The van der Waals surface area contributed by atoms with E-state index >= 15 is 0 Å². The Hall–Kier alpha value is -0.900. The van der Waals surface area contributed by atoms with Crippen molar-refractivity contribution >= 4 is 0 Å². The van der Waals surface area contributed by atoms with Gasteiger partial charge in [-0.05, 0) is 31.6 Å². The lowest BCUT2D eigenvalue weighted by Crippen LogP contribution is -2.07. The zero-order valence-corrected chi connectivity index (χ0v) is 9.61. The maximum atomic E-state index is 5.68. The lowest BCUT2D eigenvalue weighted by Gasteiger charge is -2.08. The maximum absolute atomic E-state index is 5.68. The van der Waals surface area contributed by atoms with Crippen molar-refractivity contribution in [2.45, 2.75) is 52.1 Å². The van der Waals surface area contributed by atoms with E-state index in [0.717, 1.165) is 18.0 Å². The van der Waals surface area contributed by atoms with Crippen molar-refractivity contribution < 1.29 is 0 Å². The first-order valence-corrected chi connectivity index (χ1v) is 5.85. The molecule has 2 N–H and O–H groups in total. The van der Waals surface area contributed by atoms with Crippen LogP contribution in [0.15, 0.2) is 0 Å². The fourth-order valence-electron chi connectivity index (χ4n) is 1.80. The molecule has 4 heteroatoms. The van der Waals surface area contributed by atoms with Gasteiger partial charge in [0, 0.05) is 6.54 Å². The van der Waals surface area contributed by atoms with Gasteiger partial charge in [0.05, 0.1) is 17.4 Å². The van der Waals surface area contributed by atoms with Gasteiger partial charge in [-0.25, -0.2) is 4.68 Å². The lowest BCUT2D eigenvalue weighted by atomic mass is 10.1. The smallest absolute Gasteiger partial charge is 0.0994 e. The molecule has 1 aliphatic carbocycles. The molecule has 1 aromatic rings. The van der Waals surface area contributed by atoms with Gasteiger partial charge in [-0.1, -0.05) is 19.1 Å². The minimum Gasteiger partial charge on any atom is -0.325 e. The highest BCUT2D eigenvalue weighted by Gasteiger charge is 2.28. The summed E-state index contributed by atoms with van der Waals surface area (Å²) in [7, 11) is 0. The van der Waals surface area contributed by atoms with Gasteiger partial charge >= 0.3 is 0 Å². The summed E-state index contributed by atoms with van der Waals surface area (Å²) >= 11 is 0. The molecule has 0 spiro atoms. The van der Waals surface area contributed by atoms with Gasteiger partial charge in [-0.2, -0.15) is 0 Å². The number of nitrogens with zero attached hydrogens (tertiary/aromatic N) is 3. The highest BCUT2D eigenvalue weighted by Crippen LogP contribution is 2.35. The first-order chi connectivity index (χ1) is 7.22. The van der Waals surface area contributed by atoms with Crippen molar-refractivity contribution in [2.24, 2.45) is 11.7 Å². The second kappa shape index (κ2) is 4.31. The Balaban J connectivity index is 2.13. The Labute approximate surface area is 90.8 Å². The number of aromatic nitrogens is 3. The summed E-state index contributed by atoms with van der Waals surface area (Å²) in [5, 5.41) is 8.38. The van der Waals surface area contributed by atoms with Crippen molar-refractivity contribution in [3.8, 4) is 0 Å². The lowest BCUT2D eigenvalue weighted by molar-refractivity contribution is 0.534. The zero-order valence-electron chi connectivity index (χ0n) is 9.61. The molecule has 4 nitrogen and oxygen atoms in total. The van der Waals surface area contributed by atoms with Crippen LogP contribution in [0.4, 0.5) is 0 Å². The first kappa shape index (κ1) is 10.6. The van der Waals surface area contributed by atoms with Crippen molar-refractivity contribution in [1.82, 2.24) is 15.0 Å². The summed E-state index contributed by atoms with van der Waals surface area (Å²) < 4.78 is 2.10. The van der Waals surface area contributed by atoms with Gasteiger partial charge in [0.2, 0.25) is 0 Å². The van der Waals surface area contributed by atoms with E-state index in [0.29, 0.717) is 12.6 Å². The third kappa shape index (κ3) is 2.37. The molecule has 1 heterocycles. The molecule has 0 bridgehead atoms. The molecule has 0 aliphatic heterocycles. The van der Waals surface area contributed by atoms with Crippen LogP contribution in [-0.4, -0.2) is 15.0 Å². The summed E-state index contributed by atoms with van der Waals surface area (Å²) in [6.07, 6.45) is 4.75. The van der Waals surface area contributed by atoms with E-state index in [1.165, 1.54) is 25.0 Å². The molecule has 15 heavy (non-hydrogen) atoms. The van der Waals surface area contributed by atoms with Crippen LogP contribution in [0.3, 0.4) is 0 Å². The third-order valence-electron chi connectivity index (χ3n) is 2.92. The zero-order chi connectivity index (χ0) is 10.8. The van der Waals surface area contributed by atoms with Gasteiger partial charge in [-0.3, -0.25) is 0 Å². The van der Waals surface area contributed by atoms with E-state index in [-0.39, 0.29) is 0 Å². The summed E-state index contributed by atoms with van der Waals surface area (Å²) in [4.78, 5) is 0. The van der Waals surface area contributed by atoms with E-state index in [1.54, 1.807) is 0 Å². The molecule has 1 fully saturated rings. The van der Waals surface area contributed by atoms with Gasteiger partial charge in [-0.15, -0.1) is 5.10 Å². The second-order valence-electron chi connectivity index (χ2n) is 4.80. The van der Waals surface area contributed by atoms with Crippen molar-refractivity contribution in [3.63, 3.8) is 0 Å². The predicted molar refractivity (Wildman–Crippen MR) is 59.3 cm³/mol. The molecule has 0 atom stereocenters. The average Bonchev–Trinajstić information content (AvgIpc) is 2.96. The summed E-state index contributed by atoms with van der Waals surface area (Å²) in [6, 6.07) is 0.611. The number of hydrogen-bond acceptors (Lipinski definition) is 3. The van der Waals surface area contributed by atoms with Crippen molar-refractivity contribution in [3.05, 3.63) is 11.4 Å². The van der Waals surface area contributed by atoms with Crippen LogP contribution in [0, 0.1) is 5.92 Å². The van der Waals surface area contributed by atoms with Crippen LogP contribution >= 0.6 is 0 Å². The van der Waals surface area contributed by atoms with E-state index in [2.05, 4.69) is 28.8 Å². The molecular weight excluding hydrogens is 188 g/mol. The van der Waals surface area contributed by atoms with Crippen LogP contribution in [0.5, 0.6) is 0 Å². The largest absolute Gasteiger partial charge is 0.325 e. The standard InChI is InChI=1S/C11H20N4/c1-8(2)3-6-11-10(7-12)13-14-15(11)9-4-5-9/h8-9H,3-7,12H2,1-2H3. The quantitative estimate of drug-likeness (QED) is 0.800. The fraction of sp³-hybridized carbons (Fsp3) is 0.818. The highest BCUT2D eigenvalue weighted by atomic mass is 15.5. The molecule has 2 rings (SSSR count). The molecule has 1 saturated carbocycles. The van der Waals surface area contributed by atoms with Crippen LogP contribution in [-0.2, 0) is 13.0 Å². The molecule has 84 valence electrons. The molecule has 0 amide bonds. The van der Waals surface area contributed by atoms with E-state index < -0.39 is 0 Å². The molecule has 0 unspecified atom stereocenters. The SMILES string of the molecule is CC(C)CCc1c(CN)nnn1C1CC1. The highest BCUT2D eigenvalue weighted by molar-refractivity contribution is 5.12. The van der Waals surface area contributed by atoms with Gasteiger partial charge in [0.1, 0.15) is 0 Å². The third-order valence-corrected chi connectivity index (χ3v) is 2.92. The minimum absolute atomic E-state index is 0.514. The monoisotopic (exact) mass is 208 g/mol. The Morgan fingerprint density at radius 2 is 2.20 bits per heavy atom. The van der Waals surface area contributed by atoms with Crippen LogP contribution in [0.1, 0.15) is 50.5 Å². The second-order valence-corrected chi connectivity index (χ2v) is 4.80. The number of nitrogens with two attached hydrogens (primary N) is 1. The normalized spacial score (nSPS) is 16.3. The molecule has 1 aliphatic rings. The predicted octanol–water partition coefficient (Wildman–Crippen LogP) is 1.66. The van der Waals surface area contributed by atoms with Crippen LogP contribution in [0.25, 0.3) is 0 Å². The Morgan fingerprint density at radius 3 is 2.73 bits per heavy atom. The van der Waals surface area contributed by atoms with E-state index in [1.807, 2.05) is 0 Å². The molecule has 0 saturated heterocycles. The van der Waals surface area contributed by atoms with Gasteiger partial charge < -0.3 is 5.73 Å². The summed E-state index contributed by atoms with van der Waals surface area (Å²) in [6.45, 7) is 5.00. The minimum atomic E-state index is 0.514.